The van der Waals surface area contributed by atoms with Crippen LogP contribution >= 0.6 is 0 Å². The summed E-state index contributed by atoms with van der Waals surface area (Å²) < 4.78 is 51.8. The highest BCUT2D eigenvalue weighted by Gasteiger charge is 2.26. The minimum absolute atomic E-state index is 0.117. The summed E-state index contributed by atoms with van der Waals surface area (Å²) in [5.41, 5.74) is 0.782. The lowest BCUT2D eigenvalue weighted by Crippen LogP contribution is -2.33. The molecule has 0 aliphatic carbocycles. The van der Waals surface area contributed by atoms with Crippen LogP contribution in [0.15, 0.2) is 36.4 Å². The average molecular weight is 384 g/mol. The van der Waals surface area contributed by atoms with E-state index < -0.39 is 12.9 Å². The van der Waals surface area contributed by atoms with Gasteiger partial charge >= 0.3 is 6.61 Å². The molecule has 2 fully saturated rings. The van der Waals surface area contributed by atoms with Crippen molar-refractivity contribution in [3.05, 3.63) is 42.0 Å². The van der Waals surface area contributed by atoms with Gasteiger partial charge in [0, 0.05) is 17.4 Å². The summed E-state index contributed by atoms with van der Waals surface area (Å²) in [6.45, 7) is 1.71. The third-order valence-electron chi connectivity index (χ3n) is 4.61. The largest absolute Gasteiger partial charge is 0.435 e. The molecule has 0 bridgehead atoms. The Hall–Kier alpha value is -1.54. The molecular weight excluding hydrogens is 358 g/mol. The summed E-state index contributed by atoms with van der Waals surface area (Å²) in [6, 6.07) is 6.32. The molecule has 0 unspecified atom stereocenters. The number of ether oxygens (including phenoxy) is 5. The molecule has 7 heteroatoms. The Balaban J connectivity index is 1.36. The minimum Gasteiger partial charge on any atom is -0.435 e. The van der Waals surface area contributed by atoms with Crippen molar-refractivity contribution >= 4 is 0 Å². The lowest BCUT2D eigenvalue weighted by molar-refractivity contribution is -0.217. The van der Waals surface area contributed by atoms with Crippen LogP contribution in [0.4, 0.5) is 8.78 Å². The van der Waals surface area contributed by atoms with E-state index in [1.807, 2.05) is 13.0 Å². The Kier molecular flexibility index (Phi) is 7.58. The van der Waals surface area contributed by atoms with Crippen molar-refractivity contribution in [3.8, 4) is 5.75 Å². The molecule has 2 aliphatic rings. The first-order valence-electron chi connectivity index (χ1n) is 9.28. The van der Waals surface area contributed by atoms with E-state index in [0.29, 0.717) is 32.3 Å². The molecule has 2 saturated heterocycles. The van der Waals surface area contributed by atoms with Crippen molar-refractivity contribution in [1.29, 1.82) is 0 Å². The van der Waals surface area contributed by atoms with Gasteiger partial charge in [-0.2, -0.15) is 8.78 Å². The predicted molar refractivity (Wildman–Crippen MR) is 94.4 cm³/mol. The van der Waals surface area contributed by atoms with Gasteiger partial charge in [-0.1, -0.05) is 24.3 Å². The Bertz CT molecular complexity index is 577. The first-order valence-corrected chi connectivity index (χ1v) is 9.28. The second-order valence-electron chi connectivity index (χ2n) is 6.77. The van der Waals surface area contributed by atoms with Crippen LogP contribution in [0.1, 0.15) is 31.6 Å². The monoisotopic (exact) mass is 384 g/mol. The van der Waals surface area contributed by atoms with Crippen molar-refractivity contribution < 1.29 is 32.5 Å². The third kappa shape index (κ3) is 6.24. The van der Waals surface area contributed by atoms with Crippen LogP contribution in [0.25, 0.3) is 0 Å². The second-order valence-corrected chi connectivity index (χ2v) is 6.77. The van der Waals surface area contributed by atoms with Crippen LogP contribution in [0.3, 0.4) is 0 Å². The van der Waals surface area contributed by atoms with Gasteiger partial charge in [-0.25, -0.2) is 0 Å². The molecule has 3 rings (SSSR count). The number of halogens is 2. The summed E-state index contributed by atoms with van der Waals surface area (Å²) in [5, 5.41) is 0. The molecule has 0 amide bonds. The van der Waals surface area contributed by atoms with E-state index in [4.69, 9.17) is 18.9 Å². The van der Waals surface area contributed by atoms with Gasteiger partial charge in [0.15, 0.2) is 12.6 Å². The van der Waals surface area contributed by atoms with Crippen LogP contribution < -0.4 is 4.74 Å². The molecule has 0 radical (unpaired) electrons. The van der Waals surface area contributed by atoms with Crippen LogP contribution in [-0.2, 0) is 18.9 Å². The highest BCUT2D eigenvalue weighted by molar-refractivity contribution is 5.28. The Morgan fingerprint density at radius 2 is 1.67 bits per heavy atom. The zero-order chi connectivity index (χ0) is 19.1. The van der Waals surface area contributed by atoms with Crippen LogP contribution in [0, 0.1) is 11.8 Å². The van der Waals surface area contributed by atoms with Crippen LogP contribution in [-0.4, -0.2) is 39.3 Å². The van der Waals surface area contributed by atoms with E-state index in [-0.39, 0.29) is 18.0 Å². The summed E-state index contributed by atoms with van der Waals surface area (Å²) >= 11 is 0. The van der Waals surface area contributed by atoms with Crippen molar-refractivity contribution in [1.82, 2.24) is 0 Å². The van der Waals surface area contributed by atoms with E-state index in [9.17, 15) is 8.78 Å². The fraction of sp³-hybridized carbons (Fsp3) is 0.600. The Morgan fingerprint density at radius 3 is 2.26 bits per heavy atom. The second kappa shape index (κ2) is 10.1. The molecule has 1 aromatic carbocycles. The summed E-state index contributed by atoms with van der Waals surface area (Å²) in [6.07, 6.45) is 5.18. The van der Waals surface area contributed by atoms with Gasteiger partial charge < -0.3 is 23.7 Å². The molecule has 2 aliphatic heterocycles. The summed E-state index contributed by atoms with van der Waals surface area (Å²) in [7, 11) is 0. The maximum absolute atomic E-state index is 12.2. The zero-order valence-corrected chi connectivity index (χ0v) is 15.4. The summed E-state index contributed by atoms with van der Waals surface area (Å²) in [4.78, 5) is 0. The van der Waals surface area contributed by atoms with E-state index in [1.165, 1.54) is 12.1 Å². The number of hydrogen-bond donors (Lipinski definition) is 0. The molecule has 1 aromatic rings. The normalized spacial score (nSPS) is 29.3. The fourth-order valence-electron chi connectivity index (χ4n) is 3.19. The number of benzene rings is 1. The van der Waals surface area contributed by atoms with E-state index in [1.54, 1.807) is 12.1 Å². The number of alkyl halides is 2. The molecule has 0 N–H and O–H groups in total. The maximum Gasteiger partial charge on any atom is 0.387 e. The van der Waals surface area contributed by atoms with Crippen LogP contribution in [0.5, 0.6) is 5.75 Å². The lowest BCUT2D eigenvalue weighted by Gasteiger charge is -2.32. The number of hydrogen-bond acceptors (Lipinski definition) is 5. The van der Waals surface area contributed by atoms with Crippen molar-refractivity contribution in [2.24, 2.45) is 11.8 Å². The maximum atomic E-state index is 12.2. The van der Waals surface area contributed by atoms with Crippen molar-refractivity contribution in [2.75, 3.05) is 26.4 Å². The Morgan fingerprint density at radius 1 is 1.00 bits per heavy atom. The zero-order valence-electron chi connectivity index (χ0n) is 15.4. The third-order valence-corrected chi connectivity index (χ3v) is 4.61. The first-order chi connectivity index (χ1) is 13.1. The van der Waals surface area contributed by atoms with Gasteiger partial charge in [-0.3, -0.25) is 0 Å². The molecule has 0 saturated carbocycles. The minimum atomic E-state index is -2.83. The highest BCUT2D eigenvalue weighted by atomic mass is 19.3. The van der Waals surface area contributed by atoms with Crippen molar-refractivity contribution in [2.45, 2.75) is 39.0 Å². The quantitative estimate of drug-likeness (QED) is 0.656. The SMILES string of the molecule is C/C=C\C1COC(CCC2COC(c3ccc(OC(F)F)cc3)OC2)OC1. The number of rotatable bonds is 7. The average Bonchev–Trinajstić information content (AvgIpc) is 2.68. The van der Waals surface area contributed by atoms with E-state index in [0.717, 1.165) is 18.4 Å². The Labute approximate surface area is 158 Å². The van der Waals surface area contributed by atoms with Crippen LogP contribution in [0.2, 0.25) is 0 Å². The van der Waals surface area contributed by atoms with E-state index >= 15 is 0 Å². The predicted octanol–water partition coefficient (Wildman–Crippen LogP) is 4.30. The highest BCUT2D eigenvalue weighted by Crippen LogP contribution is 2.29. The fourth-order valence-corrected chi connectivity index (χ4v) is 3.19. The van der Waals surface area contributed by atoms with Gasteiger partial charge in [-0.05, 0) is 31.9 Å². The molecule has 0 spiro atoms. The van der Waals surface area contributed by atoms with Gasteiger partial charge in [0.05, 0.1) is 26.4 Å². The topological polar surface area (TPSA) is 46.2 Å². The molecule has 5 nitrogen and oxygen atoms in total. The summed E-state index contributed by atoms with van der Waals surface area (Å²) in [5.74, 6) is 0.737. The molecule has 0 atom stereocenters. The van der Waals surface area contributed by atoms with Gasteiger partial charge in [0.1, 0.15) is 5.75 Å². The van der Waals surface area contributed by atoms with Gasteiger partial charge in [0.2, 0.25) is 0 Å². The lowest BCUT2D eigenvalue weighted by atomic mass is 10.0. The molecule has 150 valence electrons. The van der Waals surface area contributed by atoms with Crippen molar-refractivity contribution in [3.63, 3.8) is 0 Å². The first kappa shape index (κ1) is 20.2. The van der Waals surface area contributed by atoms with Gasteiger partial charge in [0.25, 0.3) is 0 Å². The molecule has 2 heterocycles. The number of allylic oxidation sites excluding steroid dienone is 1. The van der Waals surface area contributed by atoms with E-state index in [2.05, 4.69) is 10.8 Å². The smallest absolute Gasteiger partial charge is 0.387 e. The molecule has 0 aromatic heterocycles. The standard InChI is InChI=1S/C20H26F2O5/c1-2-3-14-10-23-18(24-11-14)9-4-15-12-25-19(26-13-15)16-5-7-17(8-6-16)27-20(21)22/h2-3,5-8,14-15,18-20H,4,9-13H2,1H3/b3-2-. The van der Waals surface area contributed by atoms with Gasteiger partial charge in [-0.15, -0.1) is 0 Å². The molecule has 27 heavy (non-hydrogen) atoms. The molecular formula is C20H26F2O5.